The standard InChI is InChI=1S/C7H8N.4ClH.H2N.Pt/c1-6-4-2-3-5-7(6)8;;;;;;/h2,4-5H,8H2,1H3;4*1H;1H2;/q-1;;;;;-1;+4/p-4. The van der Waals surface area contributed by atoms with Gasteiger partial charge in [0.1, 0.15) is 0 Å². The van der Waals surface area contributed by atoms with Gasteiger partial charge in [0.2, 0.25) is 0 Å². The van der Waals surface area contributed by atoms with Gasteiger partial charge in [-0.25, -0.2) is 0 Å². The van der Waals surface area contributed by atoms with Crippen LogP contribution in [0.3, 0.4) is 0 Å². The fourth-order valence-electron chi connectivity index (χ4n) is 0.521. The van der Waals surface area contributed by atoms with Crippen LogP contribution in [0, 0.1) is 13.0 Å². The molecule has 0 spiro atoms. The molecule has 0 atom stereocenters. The number of benzene rings is 1. The molecule has 0 heterocycles. The molecule has 0 aliphatic carbocycles. The van der Waals surface area contributed by atoms with Crippen LogP contribution in [-0.4, -0.2) is 0 Å². The van der Waals surface area contributed by atoms with E-state index in [4.69, 9.17) is 43.4 Å². The number of hydrogen-bond donors (Lipinski definition) is 1. The van der Waals surface area contributed by atoms with Crippen LogP contribution in [-0.2, 0) is 11.9 Å². The molecule has 0 saturated heterocycles. The first kappa shape index (κ1) is 17.2. The van der Waals surface area contributed by atoms with Gasteiger partial charge in [-0.3, -0.25) is 0 Å². The summed E-state index contributed by atoms with van der Waals surface area (Å²) in [5.41, 5.74) is 7.42. The molecule has 14 heavy (non-hydrogen) atoms. The third kappa shape index (κ3) is 12.8. The van der Waals surface area contributed by atoms with E-state index >= 15 is 0 Å². The van der Waals surface area contributed by atoms with Crippen molar-refractivity contribution in [3.05, 3.63) is 36.0 Å². The summed E-state index contributed by atoms with van der Waals surface area (Å²) in [6.45, 7) is 1.98. The Morgan fingerprint density at radius 3 is 1.93 bits per heavy atom. The summed E-state index contributed by atoms with van der Waals surface area (Å²) in [5, 5.41) is 0. The molecule has 0 unspecified atom stereocenters. The third-order valence-corrected chi connectivity index (χ3v) is 1.12. The van der Waals surface area contributed by atoms with Crippen molar-refractivity contribution in [3.8, 4) is 0 Å². The smallest absolute Gasteiger partial charge is 0.693 e. The molecule has 88 valence electrons. The number of anilines is 1. The van der Waals surface area contributed by atoms with E-state index in [-0.39, 0.29) is 6.15 Å². The second-order valence-corrected chi connectivity index (χ2v) is 21.8. The minimum Gasteiger partial charge on any atom is -0.693 e. The maximum Gasteiger partial charge on any atom is -0.693 e. The second kappa shape index (κ2) is 8.04. The topological polar surface area (TPSA) is 59.5 Å². The quantitative estimate of drug-likeness (QED) is 0.438. The van der Waals surface area contributed by atoms with E-state index in [2.05, 4.69) is 6.07 Å². The van der Waals surface area contributed by atoms with E-state index in [1.165, 1.54) is 0 Å². The van der Waals surface area contributed by atoms with Gasteiger partial charge in [0, 0.05) is 0 Å². The third-order valence-electron chi connectivity index (χ3n) is 1.12. The Hall–Kier alpha value is 0.828. The largest absolute Gasteiger partial charge is 0.693 e. The van der Waals surface area contributed by atoms with Crippen LogP contribution in [0.1, 0.15) is 5.56 Å². The molecule has 1 aromatic carbocycles. The molecule has 0 saturated carbocycles. The predicted octanol–water partition coefficient (Wildman–Crippen LogP) is 4.85. The Morgan fingerprint density at radius 1 is 1.29 bits per heavy atom. The van der Waals surface area contributed by atoms with Crippen LogP contribution >= 0.6 is 37.7 Å². The summed E-state index contributed by atoms with van der Waals surface area (Å²) in [6.07, 6.45) is 0. The fourth-order valence-corrected chi connectivity index (χ4v) is 0.521. The molecule has 0 aromatic heterocycles. The normalized spacial score (nSPS) is 10.6. The van der Waals surface area contributed by atoms with E-state index in [0.717, 1.165) is 11.3 Å². The van der Waals surface area contributed by atoms with Gasteiger partial charge in [0.05, 0.1) is 0 Å². The summed E-state index contributed by atoms with van der Waals surface area (Å²) in [4.78, 5) is 0. The van der Waals surface area contributed by atoms with Crippen LogP contribution in [0.2, 0.25) is 0 Å². The molecule has 1 rings (SSSR count). The first-order chi connectivity index (χ1) is 5.80. The van der Waals surface area contributed by atoms with Gasteiger partial charge >= 0.3 is 49.6 Å². The van der Waals surface area contributed by atoms with Gasteiger partial charge in [-0.15, -0.1) is 5.56 Å². The van der Waals surface area contributed by atoms with E-state index in [9.17, 15) is 0 Å². The summed E-state index contributed by atoms with van der Waals surface area (Å²) in [7, 11) is 20.0. The molecule has 0 radical (unpaired) electrons. The van der Waals surface area contributed by atoms with Crippen LogP contribution in [0.5, 0.6) is 0 Å². The Kier molecular flexibility index (Phi) is 9.89. The molecule has 0 bridgehead atoms. The van der Waals surface area contributed by atoms with Crippen molar-refractivity contribution in [2.45, 2.75) is 6.92 Å². The van der Waals surface area contributed by atoms with Crippen LogP contribution < -0.4 is 5.73 Å². The van der Waals surface area contributed by atoms with Gasteiger partial charge in [0.15, 0.2) is 0 Å². The minimum absolute atomic E-state index is 0. The Balaban J connectivity index is 0. The monoisotopic (exact) mass is 457 g/mol. The van der Waals surface area contributed by atoms with Gasteiger partial charge in [-0.1, -0.05) is 12.6 Å². The van der Waals surface area contributed by atoms with E-state index in [0.29, 0.717) is 0 Å². The number of nitrogens with two attached hydrogens (primary N) is 2. The molecule has 0 fully saturated rings. The van der Waals surface area contributed by atoms with Crippen molar-refractivity contribution in [3.63, 3.8) is 0 Å². The van der Waals surface area contributed by atoms with E-state index in [1.54, 1.807) is 6.07 Å². The number of rotatable bonds is 0. The molecular weight excluding hydrogens is 449 g/mol. The molecule has 7 heteroatoms. The Morgan fingerprint density at radius 2 is 1.71 bits per heavy atom. The van der Waals surface area contributed by atoms with Crippen molar-refractivity contribution in [2.24, 2.45) is 0 Å². The average molecular weight is 459 g/mol. The summed E-state index contributed by atoms with van der Waals surface area (Å²) < 4.78 is 0. The predicted molar refractivity (Wildman–Crippen MR) is 63.1 cm³/mol. The summed E-state index contributed by atoms with van der Waals surface area (Å²) in [5.74, 6) is 0. The fraction of sp³-hybridized carbons (Fsp3) is 0.143. The molecule has 0 amide bonds. The van der Waals surface area contributed by atoms with Gasteiger partial charge < -0.3 is 11.9 Å². The number of nitrogen functional groups attached to an aromatic ring is 1. The number of aryl methyl sites for hydroxylation is 1. The summed E-state index contributed by atoms with van der Waals surface area (Å²) >= 11 is -3.06. The molecule has 4 N–H and O–H groups in total. The summed E-state index contributed by atoms with van der Waals surface area (Å²) in [6, 6.07) is 8.44. The van der Waals surface area contributed by atoms with E-state index in [1.807, 2.05) is 19.1 Å². The second-order valence-electron chi connectivity index (χ2n) is 2.05. The van der Waals surface area contributed by atoms with Crippen molar-refractivity contribution in [1.82, 2.24) is 0 Å². The molecule has 1 aromatic rings. The molecular formula is C7H10Cl4N2Pt-2. The SMILES string of the molecule is Cc1cc[c-]cc1N.[Cl][Pt]([Cl])([Cl])[Cl].[NH2-]. The van der Waals surface area contributed by atoms with E-state index < -0.39 is 11.9 Å². The maximum atomic E-state index is 5.49. The zero-order valence-electron chi connectivity index (χ0n) is 7.21. The van der Waals surface area contributed by atoms with Gasteiger partial charge in [-0.05, 0) is 0 Å². The maximum absolute atomic E-state index is 5.49. The zero-order chi connectivity index (χ0) is 10.5. The van der Waals surface area contributed by atoms with Crippen LogP contribution in [0.25, 0.3) is 6.15 Å². The van der Waals surface area contributed by atoms with Crippen molar-refractivity contribution in [2.75, 3.05) is 5.73 Å². The van der Waals surface area contributed by atoms with Gasteiger partial charge in [0.25, 0.3) is 0 Å². The van der Waals surface area contributed by atoms with Gasteiger partial charge in [-0.2, -0.15) is 24.3 Å². The average Bonchev–Trinajstić information content (AvgIpc) is 1.92. The molecule has 2 nitrogen and oxygen atoms in total. The van der Waals surface area contributed by atoms with Crippen molar-refractivity contribution >= 4 is 43.4 Å². The number of hydrogen-bond acceptors (Lipinski definition) is 1. The first-order valence-corrected chi connectivity index (χ1v) is 14.3. The minimum atomic E-state index is -3.06. The zero-order valence-corrected chi connectivity index (χ0v) is 12.5. The van der Waals surface area contributed by atoms with Crippen LogP contribution in [0.15, 0.2) is 18.2 Å². The Bertz CT molecular complexity index is 237. The molecule has 0 aliphatic rings. The van der Waals surface area contributed by atoms with Crippen molar-refractivity contribution < 1.29 is 11.9 Å². The number of halogens is 4. The first-order valence-electron chi connectivity index (χ1n) is 3.00. The van der Waals surface area contributed by atoms with Crippen molar-refractivity contribution in [1.29, 1.82) is 0 Å². The molecule has 0 aliphatic heterocycles. The Labute approximate surface area is 103 Å². The van der Waals surface area contributed by atoms with Crippen LogP contribution in [0.4, 0.5) is 5.69 Å².